The van der Waals surface area contributed by atoms with Crippen LogP contribution in [0.4, 0.5) is 10.1 Å². The Morgan fingerprint density at radius 2 is 2.20 bits per heavy atom. The number of nitrogens with zero attached hydrogens (tertiary/aromatic N) is 4. The molecular formula is C17H16FN5O2. The second-order valence-electron chi connectivity index (χ2n) is 6.29. The van der Waals surface area contributed by atoms with Gasteiger partial charge in [0.1, 0.15) is 17.7 Å². The standard InChI is InChI=1S/C17H16FN5O2/c1-10-2-5-12(6-14(10)18)22(8-11-3-4-11)15(24)13-7-19-17-20-9-21-23(17)16(13)25/h2,5-7,9,11H,3-4,8H2,1H3,(H,19,20,21). The number of aromatic nitrogens is 4. The maximum Gasteiger partial charge on any atom is 0.286 e. The summed E-state index contributed by atoms with van der Waals surface area (Å²) in [7, 11) is 0. The molecule has 1 aliphatic carbocycles. The van der Waals surface area contributed by atoms with Crippen LogP contribution in [0.25, 0.3) is 5.78 Å². The zero-order valence-corrected chi connectivity index (χ0v) is 13.6. The summed E-state index contributed by atoms with van der Waals surface area (Å²) in [5, 5.41) is 2.63. The van der Waals surface area contributed by atoms with Crippen molar-refractivity contribution >= 4 is 17.4 Å². The van der Waals surface area contributed by atoms with Crippen molar-refractivity contribution in [2.24, 2.45) is 5.92 Å². The van der Waals surface area contributed by atoms with E-state index >= 15 is 0 Å². The number of carbonyl (C=O) groups is 1. The fourth-order valence-corrected chi connectivity index (χ4v) is 2.70. The van der Waals surface area contributed by atoms with Gasteiger partial charge in [0.25, 0.3) is 17.2 Å². The number of fused-ring (bicyclic) bond motifs is 1. The second-order valence-corrected chi connectivity index (χ2v) is 6.29. The predicted molar refractivity (Wildman–Crippen MR) is 89.1 cm³/mol. The Morgan fingerprint density at radius 3 is 2.92 bits per heavy atom. The molecule has 0 spiro atoms. The Bertz CT molecular complexity index is 1020. The smallest absolute Gasteiger partial charge is 0.286 e. The highest BCUT2D eigenvalue weighted by molar-refractivity contribution is 6.05. The molecule has 2 aromatic heterocycles. The van der Waals surface area contributed by atoms with Crippen molar-refractivity contribution in [2.45, 2.75) is 19.8 Å². The van der Waals surface area contributed by atoms with Crippen molar-refractivity contribution in [2.75, 3.05) is 11.4 Å². The summed E-state index contributed by atoms with van der Waals surface area (Å²) >= 11 is 0. The lowest BCUT2D eigenvalue weighted by atomic mass is 10.1. The van der Waals surface area contributed by atoms with Gasteiger partial charge in [0.2, 0.25) is 0 Å². The number of aryl methyl sites for hydroxylation is 1. The van der Waals surface area contributed by atoms with Crippen LogP contribution >= 0.6 is 0 Å². The van der Waals surface area contributed by atoms with Crippen LogP contribution in [0.5, 0.6) is 0 Å². The molecule has 1 saturated carbocycles. The molecule has 1 aliphatic rings. The Labute approximate surface area is 142 Å². The van der Waals surface area contributed by atoms with Gasteiger partial charge in [-0.1, -0.05) is 6.07 Å². The Hall–Kier alpha value is -3.03. The number of carbonyl (C=O) groups excluding carboxylic acids is 1. The topological polar surface area (TPSA) is 83.4 Å². The Kier molecular flexibility index (Phi) is 3.60. The molecule has 1 amide bonds. The zero-order chi connectivity index (χ0) is 17.6. The van der Waals surface area contributed by atoms with Crippen LogP contribution in [-0.4, -0.2) is 32.0 Å². The zero-order valence-electron chi connectivity index (χ0n) is 13.6. The fraction of sp³-hybridized carbons (Fsp3) is 0.294. The highest BCUT2D eigenvalue weighted by atomic mass is 19.1. The molecule has 0 aliphatic heterocycles. The summed E-state index contributed by atoms with van der Waals surface area (Å²) in [4.78, 5) is 34.9. The third kappa shape index (κ3) is 2.79. The number of nitrogens with one attached hydrogen (secondary N) is 1. The summed E-state index contributed by atoms with van der Waals surface area (Å²) in [6.07, 6.45) is 4.60. The molecule has 0 unspecified atom stereocenters. The number of hydrogen-bond donors (Lipinski definition) is 1. The number of benzene rings is 1. The van der Waals surface area contributed by atoms with Gasteiger partial charge in [-0.3, -0.25) is 14.7 Å². The molecular weight excluding hydrogens is 325 g/mol. The molecule has 8 heteroatoms. The summed E-state index contributed by atoms with van der Waals surface area (Å²) in [6, 6.07) is 4.65. The first-order chi connectivity index (χ1) is 12.0. The predicted octanol–water partition coefficient (Wildman–Crippen LogP) is 1.92. The summed E-state index contributed by atoms with van der Waals surface area (Å²) < 4.78 is 15.1. The fourth-order valence-electron chi connectivity index (χ4n) is 2.70. The monoisotopic (exact) mass is 341 g/mol. The lowest BCUT2D eigenvalue weighted by Crippen LogP contribution is -2.37. The number of anilines is 1. The summed E-state index contributed by atoms with van der Waals surface area (Å²) in [5.74, 6) is -0.307. The first-order valence-electron chi connectivity index (χ1n) is 8.04. The van der Waals surface area contributed by atoms with E-state index in [1.54, 1.807) is 19.1 Å². The molecule has 7 nitrogen and oxygen atoms in total. The first-order valence-corrected chi connectivity index (χ1v) is 8.04. The van der Waals surface area contributed by atoms with E-state index in [-0.39, 0.29) is 17.2 Å². The molecule has 1 aromatic carbocycles. The highest BCUT2D eigenvalue weighted by Crippen LogP contribution is 2.32. The van der Waals surface area contributed by atoms with Crippen LogP contribution in [-0.2, 0) is 0 Å². The van der Waals surface area contributed by atoms with Crippen molar-refractivity contribution in [3.8, 4) is 0 Å². The maximum atomic E-state index is 14.0. The lowest BCUT2D eigenvalue weighted by molar-refractivity contribution is 0.0983. The molecule has 0 atom stereocenters. The first kappa shape index (κ1) is 15.5. The van der Waals surface area contributed by atoms with E-state index in [2.05, 4.69) is 15.1 Å². The molecule has 1 N–H and O–H groups in total. The third-order valence-corrected chi connectivity index (χ3v) is 4.39. The molecule has 0 bridgehead atoms. The quantitative estimate of drug-likeness (QED) is 0.786. The number of aromatic amines is 1. The average Bonchev–Trinajstić information content (AvgIpc) is 3.29. The van der Waals surface area contributed by atoms with Crippen LogP contribution < -0.4 is 10.5 Å². The van der Waals surface area contributed by atoms with Crippen LogP contribution in [0.15, 0.2) is 35.5 Å². The molecule has 3 aromatic rings. The third-order valence-electron chi connectivity index (χ3n) is 4.39. The lowest BCUT2D eigenvalue weighted by Gasteiger charge is -2.23. The molecule has 0 radical (unpaired) electrons. The van der Waals surface area contributed by atoms with Crippen molar-refractivity contribution in [1.82, 2.24) is 19.6 Å². The SMILES string of the molecule is Cc1ccc(N(CC2CC2)C(=O)c2cnc3nc[nH]n3c2=O)cc1F. The van der Waals surface area contributed by atoms with Gasteiger partial charge >= 0.3 is 0 Å². The normalized spacial score (nSPS) is 14.0. The number of hydrogen-bond acceptors (Lipinski definition) is 4. The highest BCUT2D eigenvalue weighted by Gasteiger charge is 2.30. The van der Waals surface area contributed by atoms with Gasteiger partial charge < -0.3 is 4.90 Å². The second kappa shape index (κ2) is 5.80. The van der Waals surface area contributed by atoms with E-state index in [0.717, 1.165) is 17.4 Å². The summed E-state index contributed by atoms with van der Waals surface area (Å²) in [5.41, 5.74) is 0.335. The van der Waals surface area contributed by atoms with E-state index in [1.807, 2.05) is 0 Å². The molecule has 25 heavy (non-hydrogen) atoms. The maximum absolute atomic E-state index is 14.0. The van der Waals surface area contributed by atoms with E-state index in [0.29, 0.717) is 23.7 Å². The van der Waals surface area contributed by atoms with Crippen molar-refractivity contribution in [3.05, 3.63) is 58.0 Å². The largest absolute Gasteiger partial charge is 0.308 e. The molecule has 2 heterocycles. The van der Waals surface area contributed by atoms with Gasteiger partial charge in [0.05, 0.1) is 0 Å². The van der Waals surface area contributed by atoms with E-state index in [9.17, 15) is 14.0 Å². The van der Waals surface area contributed by atoms with Gasteiger partial charge in [0, 0.05) is 18.4 Å². The minimum absolute atomic E-state index is 0.0802. The minimum atomic E-state index is -0.527. The number of amides is 1. The number of rotatable bonds is 4. The molecule has 0 saturated heterocycles. The molecule has 1 fully saturated rings. The molecule has 4 rings (SSSR count). The van der Waals surface area contributed by atoms with Crippen LogP contribution in [0, 0.1) is 18.7 Å². The van der Waals surface area contributed by atoms with Crippen molar-refractivity contribution in [3.63, 3.8) is 0 Å². The Balaban J connectivity index is 1.77. The number of H-pyrrole nitrogens is 1. The molecule has 128 valence electrons. The minimum Gasteiger partial charge on any atom is -0.308 e. The van der Waals surface area contributed by atoms with Crippen LogP contribution in [0.1, 0.15) is 28.8 Å². The van der Waals surface area contributed by atoms with Gasteiger partial charge in [-0.2, -0.15) is 4.52 Å². The van der Waals surface area contributed by atoms with E-state index in [1.165, 1.54) is 23.5 Å². The van der Waals surface area contributed by atoms with Crippen molar-refractivity contribution in [1.29, 1.82) is 0 Å². The van der Waals surface area contributed by atoms with Crippen LogP contribution in [0.2, 0.25) is 0 Å². The summed E-state index contributed by atoms with van der Waals surface area (Å²) in [6.45, 7) is 2.11. The van der Waals surface area contributed by atoms with Gasteiger partial charge in [0.15, 0.2) is 0 Å². The number of halogens is 1. The average molecular weight is 341 g/mol. The van der Waals surface area contributed by atoms with E-state index < -0.39 is 11.5 Å². The van der Waals surface area contributed by atoms with Crippen molar-refractivity contribution < 1.29 is 9.18 Å². The van der Waals surface area contributed by atoms with Gasteiger partial charge in [-0.25, -0.2) is 14.4 Å². The van der Waals surface area contributed by atoms with Crippen LogP contribution in [0.3, 0.4) is 0 Å². The van der Waals surface area contributed by atoms with Gasteiger partial charge in [-0.05, 0) is 43.4 Å². The Morgan fingerprint density at radius 1 is 1.40 bits per heavy atom. The van der Waals surface area contributed by atoms with E-state index in [4.69, 9.17) is 0 Å². The van der Waals surface area contributed by atoms with Gasteiger partial charge in [-0.15, -0.1) is 0 Å².